The molecule has 0 aromatic heterocycles. The van der Waals surface area contributed by atoms with E-state index in [0.717, 1.165) is 19.6 Å². The molecule has 23 heteroatoms. The summed E-state index contributed by atoms with van der Waals surface area (Å²) in [5, 5.41) is 14.4. The molecule has 0 amide bonds. The van der Waals surface area contributed by atoms with Gasteiger partial charge in [0.1, 0.15) is 22.4 Å². The summed E-state index contributed by atoms with van der Waals surface area (Å²) in [5.74, 6) is -63.0. The van der Waals surface area contributed by atoms with Gasteiger partial charge in [-0.15, -0.1) is 0 Å². The number of halogens is 19. The van der Waals surface area contributed by atoms with Crippen molar-refractivity contribution in [3.8, 4) is 0 Å². The van der Waals surface area contributed by atoms with E-state index in [2.05, 4.69) is 183 Å². The van der Waals surface area contributed by atoms with E-state index < -0.39 is 153 Å². The van der Waals surface area contributed by atoms with Crippen LogP contribution in [-0.2, 0) is 11.1 Å². The fourth-order valence-electron chi connectivity index (χ4n) is 9.91. The SMILES string of the molecule is C1=C[CH+]C(=C(c2ccccc2)c2ccccc2)C=C1.C1=C[CH+]C(=C(c2ccccc2)c2ccccc2)C=C1.C[Si](C)(C)C1=C(F)C(F)(c2c(F)c(F)c(F)c(F)c2F)C(c2c(F)c(F)c(F)c(F)c2F)(c2c(F)c(F)c(F)c(F)c2F)C(F)=C1F.[O-][B][O-]. The highest BCUT2D eigenvalue weighted by atomic mass is 28.3. The highest BCUT2D eigenvalue weighted by Crippen LogP contribution is 2.67. The minimum Gasteiger partial charge on any atom is -0.900 e. The van der Waals surface area contributed by atoms with Crippen LogP contribution in [0, 0.1) is 100 Å². The Bertz CT molecular complexity index is 3690. The molecule has 10 rings (SSSR count). The Balaban J connectivity index is 0.000000218. The Morgan fingerprint density at radius 2 is 0.614 bits per heavy atom. The van der Waals surface area contributed by atoms with Crippen LogP contribution in [0.4, 0.5) is 83.4 Å². The van der Waals surface area contributed by atoms with Gasteiger partial charge in [-0.3, -0.25) is 0 Å². The molecule has 0 saturated carbocycles. The largest absolute Gasteiger partial charge is 0.900 e. The Kier molecular flexibility index (Phi) is 20.7. The molecule has 1 radical (unpaired) electrons. The van der Waals surface area contributed by atoms with E-state index in [9.17, 15) is 39.5 Å². The second kappa shape index (κ2) is 27.4. The van der Waals surface area contributed by atoms with E-state index in [4.69, 9.17) is 10.0 Å². The highest BCUT2D eigenvalue weighted by Gasteiger charge is 2.73. The molecule has 1 atom stereocenters. The van der Waals surface area contributed by atoms with Gasteiger partial charge in [-0.05, 0) is 48.5 Å². The van der Waals surface area contributed by atoms with Gasteiger partial charge in [-0.1, -0.05) is 92.4 Å². The number of hydrogen-bond donors (Lipinski definition) is 0. The third kappa shape index (κ3) is 12.1. The van der Waals surface area contributed by atoms with Crippen LogP contribution in [0.2, 0.25) is 19.6 Å². The molecule has 3 aliphatic rings. The monoisotopic (exact) mass is 1250 g/mol. The van der Waals surface area contributed by atoms with Gasteiger partial charge < -0.3 is 10.0 Å². The van der Waals surface area contributed by atoms with Crippen molar-refractivity contribution in [3.63, 3.8) is 0 Å². The molecule has 451 valence electrons. The highest BCUT2D eigenvalue weighted by molar-refractivity contribution is 6.84. The fourth-order valence-corrected chi connectivity index (χ4v) is 11.5. The molecule has 3 aliphatic carbocycles. The smallest absolute Gasteiger partial charge is 0.213 e. The minimum absolute atomic E-state index is 0.500. The minimum atomic E-state index is -6.39. The van der Waals surface area contributed by atoms with Crippen LogP contribution >= 0.6 is 0 Å². The molecule has 88 heavy (non-hydrogen) atoms. The normalized spacial score (nSPS) is 15.7. The first-order chi connectivity index (χ1) is 41.7. The van der Waals surface area contributed by atoms with Crippen LogP contribution in [0.3, 0.4) is 0 Å². The lowest BCUT2D eigenvalue weighted by atomic mass is 9.57. The third-order valence-corrected chi connectivity index (χ3v) is 15.6. The molecular formula is C65H39BF19O2Si. The number of rotatable bonds is 8. The Morgan fingerprint density at radius 3 is 0.852 bits per heavy atom. The summed E-state index contributed by atoms with van der Waals surface area (Å²) in [6.45, 7) is 2.16. The maximum atomic E-state index is 17.9. The van der Waals surface area contributed by atoms with E-state index in [1.807, 2.05) is 0 Å². The van der Waals surface area contributed by atoms with Crippen LogP contribution in [0.1, 0.15) is 38.9 Å². The summed E-state index contributed by atoms with van der Waals surface area (Å²) < 4.78 is 289. The van der Waals surface area contributed by atoms with Crippen molar-refractivity contribution in [1.82, 2.24) is 0 Å². The van der Waals surface area contributed by atoms with E-state index in [1.54, 1.807) is 0 Å². The zero-order valence-electron chi connectivity index (χ0n) is 45.4. The van der Waals surface area contributed by atoms with Crippen LogP contribution in [-0.4, -0.2) is 15.8 Å². The van der Waals surface area contributed by atoms with Gasteiger partial charge in [0, 0.05) is 88.9 Å². The molecule has 0 aliphatic heterocycles. The predicted octanol–water partition coefficient (Wildman–Crippen LogP) is 17.1. The maximum absolute atomic E-state index is 17.9. The van der Waals surface area contributed by atoms with E-state index in [1.165, 1.54) is 44.5 Å². The quantitative estimate of drug-likeness (QED) is 0.0500. The van der Waals surface area contributed by atoms with E-state index in [0.29, 0.717) is 0 Å². The van der Waals surface area contributed by atoms with Gasteiger partial charge in [-0.2, -0.15) is 0 Å². The number of alkyl halides is 1. The van der Waals surface area contributed by atoms with Crippen molar-refractivity contribution in [2.75, 3.05) is 0 Å². The lowest BCUT2D eigenvalue weighted by Gasteiger charge is -2.48. The molecule has 0 heterocycles. The van der Waals surface area contributed by atoms with Crippen molar-refractivity contribution >= 4 is 26.9 Å². The number of hydrogen-bond acceptors (Lipinski definition) is 2. The zero-order chi connectivity index (χ0) is 64.7. The Hall–Kier alpha value is -8.93. The van der Waals surface area contributed by atoms with Crippen LogP contribution in [0.25, 0.3) is 11.1 Å². The first kappa shape index (κ1) is 66.6. The van der Waals surface area contributed by atoms with E-state index in [-0.39, 0.29) is 0 Å². The van der Waals surface area contributed by atoms with Crippen LogP contribution < -0.4 is 10.0 Å². The first-order valence-corrected chi connectivity index (χ1v) is 29.0. The molecule has 7 aromatic carbocycles. The lowest BCUT2D eigenvalue weighted by molar-refractivity contribution is -0.328. The van der Waals surface area contributed by atoms with Gasteiger partial charge in [-0.25, -0.2) is 91.1 Å². The van der Waals surface area contributed by atoms with Crippen molar-refractivity contribution in [1.29, 1.82) is 0 Å². The second-order valence-corrected chi connectivity index (χ2v) is 24.9. The molecular weight excluding hydrogens is 1210 g/mol. The number of benzene rings is 7. The molecule has 0 N–H and O–H groups in total. The Morgan fingerprint density at radius 1 is 0.364 bits per heavy atom. The third-order valence-electron chi connectivity index (χ3n) is 13.6. The zero-order valence-corrected chi connectivity index (χ0v) is 46.4. The summed E-state index contributed by atoms with van der Waals surface area (Å²) >= 11 is 0. The predicted molar refractivity (Wildman–Crippen MR) is 292 cm³/mol. The average molecular weight is 1250 g/mol. The average Bonchev–Trinajstić information content (AvgIpc) is 0.727. The molecule has 2 nitrogen and oxygen atoms in total. The molecule has 0 fully saturated rings. The standard InChI is InChI=1S/C27H9F19Si.2C19H15.BO2/c1-47(2,3)23-22(43)24(44)26(4-7(28)13(34)19(40)14(35)8(4)29,5-9(30)15(36)20(41)16(37)10(5)31)27(46,25(23)45)6-11(32)17(38)21(42)18(39)12(6)33;2*1-4-10-16(11-5-1)19(17-12-6-2-7-13-17)18-14-8-3-9-15-18;2-1-3/h1-3H3;2*1-15H;/q;2*+1;-2. The van der Waals surface area contributed by atoms with Crippen molar-refractivity contribution in [3.05, 3.63) is 343 Å². The summed E-state index contributed by atoms with van der Waals surface area (Å²) in [4.78, 5) is 0. The van der Waals surface area contributed by atoms with Gasteiger partial charge in [0.2, 0.25) is 23.1 Å². The van der Waals surface area contributed by atoms with Crippen LogP contribution in [0.15, 0.2) is 204 Å². The van der Waals surface area contributed by atoms with Gasteiger partial charge in [0.25, 0.3) is 0 Å². The summed E-state index contributed by atoms with van der Waals surface area (Å²) in [5.41, 5.74) is -13.4. The molecule has 0 saturated heterocycles. The fraction of sp³-hybridized carbons (Fsp3) is 0.0769. The molecule has 1 unspecified atom stereocenters. The van der Waals surface area contributed by atoms with Gasteiger partial charge in [0.05, 0.1) is 35.9 Å². The number of allylic oxidation sites excluding steroid dienone is 14. The molecule has 0 spiro atoms. The summed E-state index contributed by atoms with van der Waals surface area (Å²) in [6, 6.07) is 42.2. The first-order valence-electron chi connectivity index (χ1n) is 25.5. The van der Waals surface area contributed by atoms with Crippen LogP contribution in [0.5, 0.6) is 0 Å². The summed E-state index contributed by atoms with van der Waals surface area (Å²) in [6.07, 6.45) is 21.1. The van der Waals surface area contributed by atoms with Crippen molar-refractivity contribution in [2.24, 2.45) is 0 Å². The van der Waals surface area contributed by atoms with Crippen molar-refractivity contribution < 1.29 is 93.5 Å². The van der Waals surface area contributed by atoms with Gasteiger partial charge in [0.15, 0.2) is 81.5 Å². The second-order valence-electron chi connectivity index (χ2n) is 19.9. The topological polar surface area (TPSA) is 46.1 Å². The molecule has 7 aromatic rings. The molecule has 0 bridgehead atoms. The lowest BCUT2D eigenvalue weighted by Crippen LogP contribution is -2.56. The maximum Gasteiger partial charge on any atom is 0.213 e. The van der Waals surface area contributed by atoms with E-state index >= 15 is 43.9 Å². The van der Waals surface area contributed by atoms with Gasteiger partial charge >= 0.3 is 0 Å². The summed E-state index contributed by atoms with van der Waals surface area (Å²) in [7, 11) is -4.81. The Labute approximate surface area is 492 Å². The van der Waals surface area contributed by atoms with Crippen molar-refractivity contribution in [2.45, 2.75) is 30.7 Å².